The second-order valence-corrected chi connectivity index (χ2v) is 4.97. The summed E-state index contributed by atoms with van der Waals surface area (Å²) in [7, 11) is 2.11. The maximum atomic E-state index is 11.4. The number of esters is 1. The van der Waals surface area contributed by atoms with Gasteiger partial charge in [0, 0.05) is 24.5 Å². The molecule has 0 aliphatic rings. The van der Waals surface area contributed by atoms with Crippen molar-refractivity contribution in [3.8, 4) is 5.75 Å². The molecule has 20 heavy (non-hydrogen) atoms. The molecule has 4 nitrogen and oxygen atoms in total. The molecule has 0 spiro atoms. The van der Waals surface area contributed by atoms with Crippen molar-refractivity contribution >= 4 is 16.9 Å². The van der Waals surface area contributed by atoms with Crippen LogP contribution in [0.3, 0.4) is 0 Å². The van der Waals surface area contributed by atoms with Crippen LogP contribution >= 0.6 is 0 Å². The zero-order valence-electron chi connectivity index (χ0n) is 12.4. The molecule has 0 unspecified atom stereocenters. The third-order valence-electron chi connectivity index (χ3n) is 3.58. The molecule has 4 heteroatoms. The lowest BCUT2D eigenvalue weighted by Gasteiger charge is -2.12. The minimum atomic E-state index is -0.209. The highest BCUT2D eigenvalue weighted by Gasteiger charge is 2.11. The van der Waals surface area contributed by atoms with Crippen molar-refractivity contribution in [3.05, 3.63) is 30.0 Å². The van der Waals surface area contributed by atoms with Crippen LogP contribution in [0.15, 0.2) is 24.4 Å². The van der Waals surface area contributed by atoms with E-state index in [1.165, 1.54) is 5.56 Å². The van der Waals surface area contributed by atoms with Crippen LogP contribution in [0.25, 0.3) is 10.9 Å². The molecule has 1 aromatic heterocycles. The van der Waals surface area contributed by atoms with Crippen molar-refractivity contribution in [2.75, 3.05) is 20.1 Å². The van der Waals surface area contributed by atoms with Crippen LogP contribution < -0.4 is 4.74 Å². The summed E-state index contributed by atoms with van der Waals surface area (Å²) in [5, 5.41) is 1.14. The first kappa shape index (κ1) is 14.6. The van der Waals surface area contributed by atoms with Crippen molar-refractivity contribution in [3.63, 3.8) is 0 Å². The summed E-state index contributed by atoms with van der Waals surface area (Å²) in [6.07, 6.45) is 3.37. The molecule has 0 radical (unpaired) electrons. The quantitative estimate of drug-likeness (QED) is 0.650. The highest BCUT2D eigenvalue weighted by Crippen LogP contribution is 2.27. The second-order valence-electron chi connectivity index (χ2n) is 4.97. The van der Waals surface area contributed by atoms with Crippen LogP contribution in [0, 0.1) is 0 Å². The molecule has 108 valence electrons. The number of nitrogens with one attached hydrogen (secondary N) is 1. The second kappa shape index (κ2) is 6.57. The predicted octanol–water partition coefficient (Wildman–Crippen LogP) is 2.98. The highest BCUT2D eigenvalue weighted by atomic mass is 16.5. The summed E-state index contributed by atoms with van der Waals surface area (Å²) in [5.74, 6) is 0.406. The monoisotopic (exact) mass is 274 g/mol. The average Bonchev–Trinajstić information content (AvgIpc) is 2.88. The molecule has 0 aliphatic heterocycles. The third-order valence-corrected chi connectivity index (χ3v) is 3.58. The van der Waals surface area contributed by atoms with Gasteiger partial charge in [-0.1, -0.05) is 26.0 Å². The first-order valence-electron chi connectivity index (χ1n) is 7.13. The van der Waals surface area contributed by atoms with Gasteiger partial charge in [-0.05, 0) is 31.6 Å². The zero-order valence-corrected chi connectivity index (χ0v) is 12.4. The number of aromatic nitrogens is 1. The maximum Gasteiger partial charge on any atom is 0.310 e. The number of fused-ring (bicyclic) bond motifs is 1. The highest BCUT2D eigenvalue weighted by molar-refractivity contribution is 5.90. The van der Waals surface area contributed by atoms with E-state index >= 15 is 0 Å². The first-order valence-corrected chi connectivity index (χ1v) is 7.13. The summed E-state index contributed by atoms with van der Waals surface area (Å²) in [4.78, 5) is 17.0. The minimum absolute atomic E-state index is 0.209. The molecular formula is C16H22N2O2. The Kier molecular flexibility index (Phi) is 4.79. The van der Waals surface area contributed by atoms with Gasteiger partial charge in [-0.2, -0.15) is 0 Å². The van der Waals surface area contributed by atoms with Gasteiger partial charge < -0.3 is 14.6 Å². The van der Waals surface area contributed by atoms with E-state index in [1.807, 2.05) is 18.3 Å². The number of H-pyrrole nitrogens is 1. The number of rotatable bonds is 6. The normalized spacial score (nSPS) is 11.2. The Morgan fingerprint density at radius 1 is 1.35 bits per heavy atom. The van der Waals surface area contributed by atoms with Gasteiger partial charge in [0.1, 0.15) is 0 Å². The number of ether oxygens (including phenoxy) is 1. The Balaban J connectivity index is 2.23. The number of nitrogens with zero attached hydrogens (tertiary/aromatic N) is 1. The molecule has 1 heterocycles. The molecule has 0 aliphatic carbocycles. The molecular weight excluding hydrogens is 252 g/mol. The number of benzene rings is 1. The minimum Gasteiger partial charge on any atom is -0.424 e. The molecule has 0 atom stereocenters. The molecule has 1 N–H and O–H groups in total. The summed E-state index contributed by atoms with van der Waals surface area (Å²) in [6, 6.07) is 5.83. The van der Waals surface area contributed by atoms with E-state index in [9.17, 15) is 4.79 Å². The number of likely N-dealkylation sites (N-methyl/N-ethyl adjacent to an activating group) is 1. The van der Waals surface area contributed by atoms with E-state index in [2.05, 4.69) is 29.9 Å². The molecule has 0 amide bonds. The zero-order chi connectivity index (χ0) is 14.5. The van der Waals surface area contributed by atoms with Crippen LogP contribution in [-0.2, 0) is 11.2 Å². The Morgan fingerprint density at radius 2 is 2.15 bits per heavy atom. The summed E-state index contributed by atoms with van der Waals surface area (Å²) >= 11 is 0. The van der Waals surface area contributed by atoms with Crippen LogP contribution in [0.4, 0.5) is 0 Å². The number of carbonyl (C=O) groups is 1. The van der Waals surface area contributed by atoms with Gasteiger partial charge in [0.2, 0.25) is 0 Å². The molecule has 0 saturated heterocycles. The summed E-state index contributed by atoms with van der Waals surface area (Å²) < 4.78 is 5.36. The van der Waals surface area contributed by atoms with Crippen molar-refractivity contribution in [1.82, 2.24) is 9.88 Å². The lowest BCUT2D eigenvalue weighted by Crippen LogP contribution is -2.20. The van der Waals surface area contributed by atoms with Gasteiger partial charge >= 0.3 is 5.97 Å². The fraction of sp³-hybridized carbons (Fsp3) is 0.438. The van der Waals surface area contributed by atoms with Crippen LogP contribution in [0.2, 0.25) is 0 Å². The summed E-state index contributed by atoms with van der Waals surface area (Å²) in [6.45, 7) is 6.00. The van der Waals surface area contributed by atoms with Crippen molar-refractivity contribution in [2.24, 2.45) is 0 Å². The van der Waals surface area contributed by atoms with Crippen molar-refractivity contribution in [2.45, 2.75) is 26.7 Å². The van der Waals surface area contributed by atoms with Crippen molar-refractivity contribution < 1.29 is 9.53 Å². The Morgan fingerprint density at radius 3 is 2.85 bits per heavy atom. The van der Waals surface area contributed by atoms with Gasteiger partial charge in [0.15, 0.2) is 5.75 Å². The maximum absolute atomic E-state index is 11.4. The van der Waals surface area contributed by atoms with E-state index in [-0.39, 0.29) is 5.97 Å². The SMILES string of the molecule is CCC(=O)Oc1cccc2c(CCN(C)CC)c[nH]c12. The van der Waals surface area contributed by atoms with Crippen molar-refractivity contribution in [1.29, 1.82) is 0 Å². The number of aromatic amines is 1. The van der Waals surface area contributed by atoms with Crippen LogP contribution in [0.5, 0.6) is 5.75 Å². The number of hydrogen-bond acceptors (Lipinski definition) is 3. The summed E-state index contributed by atoms with van der Waals surface area (Å²) in [5.41, 5.74) is 2.16. The van der Waals surface area contributed by atoms with E-state index < -0.39 is 0 Å². The molecule has 2 aromatic rings. The average molecular weight is 274 g/mol. The number of hydrogen-bond donors (Lipinski definition) is 1. The van der Waals surface area contributed by atoms with Gasteiger partial charge in [-0.15, -0.1) is 0 Å². The molecule has 0 fully saturated rings. The van der Waals surface area contributed by atoms with Crippen LogP contribution in [0.1, 0.15) is 25.8 Å². The van der Waals surface area contributed by atoms with E-state index in [1.54, 1.807) is 6.92 Å². The Hall–Kier alpha value is -1.81. The van der Waals surface area contributed by atoms with Gasteiger partial charge in [-0.25, -0.2) is 0 Å². The third kappa shape index (κ3) is 3.20. The lowest BCUT2D eigenvalue weighted by atomic mass is 10.1. The standard InChI is InChI=1S/C16H22N2O2/c1-4-15(19)20-14-8-6-7-13-12(11-17-16(13)14)9-10-18(3)5-2/h6-8,11,17H,4-5,9-10H2,1-3H3. The molecule has 0 bridgehead atoms. The smallest absolute Gasteiger partial charge is 0.310 e. The Labute approximate surface area is 119 Å². The first-order chi connectivity index (χ1) is 9.65. The number of para-hydroxylation sites is 1. The van der Waals surface area contributed by atoms with E-state index in [0.29, 0.717) is 12.2 Å². The molecule has 0 saturated carbocycles. The largest absolute Gasteiger partial charge is 0.424 e. The van der Waals surface area contributed by atoms with E-state index in [4.69, 9.17) is 4.74 Å². The molecule has 2 rings (SSSR count). The fourth-order valence-corrected chi connectivity index (χ4v) is 2.14. The number of carbonyl (C=O) groups excluding carboxylic acids is 1. The molecule has 1 aromatic carbocycles. The van der Waals surface area contributed by atoms with Gasteiger partial charge in [-0.3, -0.25) is 4.79 Å². The van der Waals surface area contributed by atoms with Gasteiger partial charge in [0.25, 0.3) is 0 Å². The fourth-order valence-electron chi connectivity index (χ4n) is 2.14. The topological polar surface area (TPSA) is 45.3 Å². The van der Waals surface area contributed by atoms with Crippen LogP contribution in [-0.4, -0.2) is 36.0 Å². The van der Waals surface area contributed by atoms with E-state index in [0.717, 1.165) is 30.4 Å². The lowest BCUT2D eigenvalue weighted by molar-refractivity contribution is -0.133. The predicted molar refractivity (Wildman–Crippen MR) is 81.1 cm³/mol. The Bertz CT molecular complexity index is 589. The van der Waals surface area contributed by atoms with Gasteiger partial charge in [0.05, 0.1) is 5.52 Å².